The third kappa shape index (κ3) is 2.97. The summed E-state index contributed by atoms with van der Waals surface area (Å²) in [5.41, 5.74) is 3.48. The van der Waals surface area contributed by atoms with Crippen molar-refractivity contribution >= 4 is 28.9 Å². The number of carbonyl (C=O) groups is 2. The van der Waals surface area contributed by atoms with Gasteiger partial charge in [0, 0.05) is 34.3 Å². The van der Waals surface area contributed by atoms with Gasteiger partial charge in [0.15, 0.2) is 12.0 Å². The molecule has 1 N–H and O–H groups in total. The maximum atomic E-state index is 11.6. The first-order valence-electron chi connectivity index (χ1n) is 8.04. The summed E-state index contributed by atoms with van der Waals surface area (Å²) in [4.78, 5) is 27.8. The minimum absolute atomic E-state index is 0.159. The Morgan fingerprint density at radius 1 is 1.19 bits per heavy atom. The molecule has 1 aromatic heterocycles. The Labute approximate surface area is 150 Å². The molecule has 0 aliphatic rings. The van der Waals surface area contributed by atoms with E-state index in [-0.39, 0.29) is 5.71 Å². The molecule has 6 nitrogen and oxygen atoms in total. The van der Waals surface area contributed by atoms with E-state index in [0.717, 1.165) is 28.4 Å². The minimum Gasteiger partial charge on any atom is -0.476 e. The number of nitrogens with zero attached hydrogens (tertiary/aromatic N) is 2. The van der Waals surface area contributed by atoms with E-state index in [1.54, 1.807) is 12.1 Å². The Balaban J connectivity index is 2.16. The number of hydrogen-bond donors (Lipinski definition) is 1. The van der Waals surface area contributed by atoms with E-state index in [0.29, 0.717) is 17.7 Å². The fraction of sp³-hybridized carbons (Fsp3) is 0.150. The van der Waals surface area contributed by atoms with Crippen LogP contribution in [0.15, 0.2) is 53.7 Å². The van der Waals surface area contributed by atoms with Crippen LogP contribution in [-0.4, -0.2) is 34.8 Å². The quantitative estimate of drug-likeness (QED) is 0.420. The maximum absolute atomic E-state index is 11.6. The highest BCUT2D eigenvalue weighted by Crippen LogP contribution is 2.26. The van der Waals surface area contributed by atoms with Crippen molar-refractivity contribution in [2.24, 2.45) is 5.16 Å². The summed E-state index contributed by atoms with van der Waals surface area (Å²) in [6.45, 7) is 2.29. The zero-order valence-electron chi connectivity index (χ0n) is 14.5. The van der Waals surface area contributed by atoms with Gasteiger partial charge >= 0.3 is 5.97 Å². The van der Waals surface area contributed by atoms with Crippen LogP contribution in [0.1, 0.15) is 27.2 Å². The molecule has 6 heteroatoms. The van der Waals surface area contributed by atoms with Gasteiger partial charge in [-0.05, 0) is 18.6 Å². The van der Waals surface area contributed by atoms with Gasteiger partial charge in [-0.15, -0.1) is 0 Å². The number of aromatic nitrogens is 1. The number of carboxylic acids is 1. The van der Waals surface area contributed by atoms with Gasteiger partial charge in [-0.1, -0.05) is 47.6 Å². The third-order valence-corrected chi connectivity index (χ3v) is 4.38. The molecule has 0 amide bonds. The third-order valence-electron chi connectivity index (χ3n) is 4.38. The number of rotatable bonds is 6. The molecule has 3 aromatic rings. The number of carbonyl (C=O) groups excluding carboxylic acids is 1. The lowest BCUT2D eigenvalue weighted by atomic mass is 10.0. The first kappa shape index (κ1) is 17.4. The van der Waals surface area contributed by atoms with E-state index >= 15 is 0 Å². The Hall–Kier alpha value is -3.41. The Morgan fingerprint density at radius 3 is 2.58 bits per heavy atom. The number of aliphatic carboxylic acids is 1. The highest BCUT2D eigenvalue weighted by atomic mass is 16.6. The van der Waals surface area contributed by atoms with Crippen LogP contribution in [0.4, 0.5) is 0 Å². The standard InChI is InChI=1S/C20H18N2O4/c1-13-17(12-23)16-9-5-6-10-18(16)22(13)11-14-7-3-4-8-15(14)19(20(24)25)21-26-2/h3-10,12H,11H2,1-2H3,(H,24,25). The molecule has 0 saturated heterocycles. The number of aldehydes is 1. The van der Waals surface area contributed by atoms with Gasteiger partial charge in [0.1, 0.15) is 7.11 Å². The fourth-order valence-corrected chi connectivity index (χ4v) is 3.16. The monoisotopic (exact) mass is 350 g/mol. The van der Waals surface area contributed by atoms with Crippen molar-refractivity contribution < 1.29 is 19.5 Å². The van der Waals surface area contributed by atoms with E-state index in [2.05, 4.69) is 5.16 Å². The second-order valence-corrected chi connectivity index (χ2v) is 5.80. The summed E-state index contributed by atoms with van der Waals surface area (Å²) in [6, 6.07) is 14.8. The molecule has 26 heavy (non-hydrogen) atoms. The van der Waals surface area contributed by atoms with Gasteiger partial charge in [0.2, 0.25) is 0 Å². The summed E-state index contributed by atoms with van der Waals surface area (Å²) >= 11 is 0. The van der Waals surface area contributed by atoms with Crippen molar-refractivity contribution in [3.05, 3.63) is 70.9 Å². The predicted molar refractivity (Wildman–Crippen MR) is 98.8 cm³/mol. The smallest absolute Gasteiger partial charge is 0.358 e. The topological polar surface area (TPSA) is 80.9 Å². The zero-order valence-corrected chi connectivity index (χ0v) is 14.5. The molecule has 0 aliphatic heterocycles. The van der Waals surface area contributed by atoms with Gasteiger partial charge in [-0.25, -0.2) is 4.79 Å². The first-order chi connectivity index (χ1) is 12.6. The van der Waals surface area contributed by atoms with Crippen LogP contribution in [0.25, 0.3) is 10.9 Å². The highest BCUT2D eigenvalue weighted by molar-refractivity contribution is 6.42. The maximum Gasteiger partial charge on any atom is 0.358 e. The normalized spacial score (nSPS) is 11.5. The van der Waals surface area contributed by atoms with E-state index in [1.165, 1.54) is 7.11 Å². The van der Waals surface area contributed by atoms with Gasteiger partial charge in [0.05, 0.1) is 0 Å². The molecule has 0 unspecified atom stereocenters. The number of carboxylic acid groups (broad SMARTS) is 1. The molecule has 132 valence electrons. The lowest BCUT2D eigenvalue weighted by molar-refractivity contribution is -0.129. The predicted octanol–water partition coefficient (Wildman–Crippen LogP) is 3.25. The van der Waals surface area contributed by atoms with Gasteiger partial charge in [-0.2, -0.15) is 0 Å². The molecule has 0 radical (unpaired) electrons. The highest BCUT2D eigenvalue weighted by Gasteiger charge is 2.19. The molecule has 0 spiro atoms. The van der Waals surface area contributed by atoms with Crippen molar-refractivity contribution in [1.82, 2.24) is 4.57 Å². The number of fused-ring (bicyclic) bond motifs is 1. The van der Waals surface area contributed by atoms with Crippen molar-refractivity contribution in [3.63, 3.8) is 0 Å². The molecule has 0 bridgehead atoms. The summed E-state index contributed by atoms with van der Waals surface area (Å²) in [5.74, 6) is -1.16. The van der Waals surface area contributed by atoms with E-state index in [1.807, 2.05) is 47.9 Å². The van der Waals surface area contributed by atoms with Gasteiger partial charge < -0.3 is 14.5 Å². The zero-order chi connectivity index (χ0) is 18.7. The van der Waals surface area contributed by atoms with E-state index in [4.69, 9.17) is 4.84 Å². The second kappa shape index (κ2) is 7.23. The molecule has 3 rings (SSSR count). The average Bonchev–Trinajstić information content (AvgIpc) is 2.91. The summed E-state index contributed by atoms with van der Waals surface area (Å²) in [6.07, 6.45) is 0.856. The summed E-state index contributed by atoms with van der Waals surface area (Å²) in [5, 5.41) is 14.0. The van der Waals surface area contributed by atoms with Crippen LogP contribution in [0.3, 0.4) is 0 Å². The Kier molecular flexibility index (Phi) is 4.84. The van der Waals surface area contributed by atoms with Crippen LogP contribution in [0.2, 0.25) is 0 Å². The van der Waals surface area contributed by atoms with Crippen molar-refractivity contribution in [2.75, 3.05) is 7.11 Å². The van der Waals surface area contributed by atoms with Gasteiger partial charge in [0.25, 0.3) is 0 Å². The molecule has 1 heterocycles. The first-order valence-corrected chi connectivity index (χ1v) is 8.04. The molecule has 2 aromatic carbocycles. The van der Waals surface area contributed by atoms with Crippen molar-refractivity contribution in [3.8, 4) is 0 Å². The molecule has 0 saturated carbocycles. The lowest BCUT2D eigenvalue weighted by Crippen LogP contribution is -2.18. The summed E-state index contributed by atoms with van der Waals surface area (Å²) in [7, 11) is 1.31. The van der Waals surface area contributed by atoms with Crippen LogP contribution in [0.5, 0.6) is 0 Å². The SMILES string of the molecule is CON=C(C(=O)O)c1ccccc1Cn1c(C)c(C=O)c2ccccc21. The molecular weight excluding hydrogens is 332 g/mol. The van der Waals surface area contributed by atoms with Crippen LogP contribution in [0, 0.1) is 6.92 Å². The molecule has 0 aliphatic carbocycles. The Morgan fingerprint density at radius 2 is 1.88 bits per heavy atom. The van der Waals surface area contributed by atoms with Crippen LogP contribution >= 0.6 is 0 Å². The van der Waals surface area contributed by atoms with Crippen molar-refractivity contribution in [1.29, 1.82) is 0 Å². The van der Waals surface area contributed by atoms with Crippen LogP contribution < -0.4 is 0 Å². The van der Waals surface area contributed by atoms with E-state index in [9.17, 15) is 14.7 Å². The number of para-hydroxylation sites is 1. The number of benzene rings is 2. The number of hydrogen-bond acceptors (Lipinski definition) is 4. The van der Waals surface area contributed by atoms with Gasteiger partial charge in [-0.3, -0.25) is 4.79 Å². The van der Waals surface area contributed by atoms with Crippen LogP contribution in [-0.2, 0) is 16.2 Å². The molecule has 0 atom stereocenters. The number of oxime groups is 1. The summed E-state index contributed by atoms with van der Waals surface area (Å²) < 4.78 is 2.00. The Bertz CT molecular complexity index is 1020. The molecule has 0 fully saturated rings. The average molecular weight is 350 g/mol. The lowest BCUT2D eigenvalue weighted by Gasteiger charge is -2.13. The van der Waals surface area contributed by atoms with Crippen molar-refractivity contribution in [2.45, 2.75) is 13.5 Å². The second-order valence-electron chi connectivity index (χ2n) is 5.80. The largest absolute Gasteiger partial charge is 0.476 e. The minimum atomic E-state index is -1.16. The molecular formula is C20H18N2O4. The van der Waals surface area contributed by atoms with E-state index < -0.39 is 5.97 Å². The fourth-order valence-electron chi connectivity index (χ4n) is 3.16.